The van der Waals surface area contributed by atoms with Gasteiger partial charge in [0.05, 0.1) is 12.4 Å². The van der Waals surface area contributed by atoms with Crippen LogP contribution in [0.3, 0.4) is 0 Å². The van der Waals surface area contributed by atoms with Gasteiger partial charge in [-0.1, -0.05) is 24.9 Å². The van der Waals surface area contributed by atoms with Gasteiger partial charge in [0, 0.05) is 24.3 Å². The summed E-state index contributed by atoms with van der Waals surface area (Å²) in [6, 6.07) is 5.57. The fourth-order valence-electron chi connectivity index (χ4n) is 2.10. The van der Waals surface area contributed by atoms with Crippen LogP contribution in [0.1, 0.15) is 35.8 Å². The summed E-state index contributed by atoms with van der Waals surface area (Å²) in [5.41, 5.74) is 2.27. The molecular weight excluding hydrogens is 312 g/mol. The lowest BCUT2D eigenvalue weighted by Crippen LogP contribution is -2.28. The first-order chi connectivity index (χ1) is 11.0. The van der Waals surface area contributed by atoms with Crippen LogP contribution < -0.4 is 5.32 Å². The number of nitrogens with zero attached hydrogens (tertiary/aromatic N) is 3. The summed E-state index contributed by atoms with van der Waals surface area (Å²) >= 11 is 5.94. The van der Waals surface area contributed by atoms with Gasteiger partial charge in [-0.05, 0) is 37.1 Å². The highest BCUT2D eigenvalue weighted by molar-refractivity contribution is 6.30. The second-order valence-corrected chi connectivity index (χ2v) is 5.89. The highest BCUT2D eigenvalue weighted by atomic mass is 35.5. The van der Waals surface area contributed by atoms with E-state index < -0.39 is 0 Å². The first kappa shape index (κ1) is 17.2. The molecule has 1 N–H and O–H groups in total. The molecule has 1 heterocycles. The minimum atomic E-state index is -0.111. The number of aromatic nitrogens is 2. The molecule has 0 saturated heterocycles. The summed E-state index contributed by atoms with van der Waals surface area (Å²) in [6.45, 7) is 4.78. The molecule has 0 fully saturated rings. The van der Waals surface area contributed by atoms with Gasteiger partial charge in [0.15, 0.2) is 0 Å². The molecule has 2 rings (SSSR count). The molecule has 0 atom stereocenters. The summed E-state index contributed by atoms with van der Waals surface area (Å²) < 4.78 is 0. The van der Waals surface area contributed by atoms with Crippen LogP contribution in [0.5, 0.6) is 0 Å². The Labute approximate surface area is 141 Å². The number of benzene rings is 1. The number of hydrogen-bond donors (Lipinski definition) is 1. The maximum Gasteiger partial charge on any atom is 0.273 e. The number of carbonyl (C=O) groups is 1. The molecule has 6 heteroatoms. The number of aryl methyl sites for hydroxylation is 1. The van der Waals surface area contributed by atoms with Crippen LogP contribution in [-0.2, 0) is 0 Å². The minimum Gasteiger partial charge on any atom is -0.340 e. The van der Waals surface area contributed by atoms with Gasteiger partial charge in [-0.25, -0.2) is 9.97 Å². The average Bonchev–Trinajstić information content (AvgIpc) is 2.55. The second kappa shape index (κ2) is 7.92. The molecule has 0 spiro atoms. The number of unbranched alkanes of at least 4 members (excludes halogenated alkanes) is 1. The predicted molar refractivity (Wildman–Crippen MR) is 93.4 cm³/mol. The van der Waals surface area contributed by atoms with Crippen LogP contribution >= 0.6 is 11.6 Å². The van der Waals surface area contributed by atoms with E-state index in [0.717, 1.165) is 30.6 Å². The van der Waals surface area contributed by atoms with Crippen LogP contribution in [0.15, 0.2) is 30.6 Å². The third-order valence-corrected chi connectivity index (χ3v) is 3.75. The van der Waals surface area contributed by atoms with Gasteiger partial charge in [0.2, 0.25) is 0 Å². The van der Waals surface area contributed by atoms with Gasteiger partial charge >= 0.3 is 0 Å². The van der Waals surface area contributed by atoms with E-state index in [-0.39, 0.29) is 5.91 Å². The van der Waals surface area contributed by atoms with E-state index in [9.17, 15) is 4.79 Å². The summed E-state index contributed by atoms with van der Waals surface area (Å²) in [5.74, 6) is 0.475. The lowest BCUT2D eigenvalue weighted by molar-refractivity contribution is 0.0787. The maximum absolute atomic E-state index is 12.2. The summed E-state index contributed by atoms with van der Waals surface area (Å²) in [4.78, 5) is 22.3. The molecular formula is C17H21ClN4O. The molecule has 122 valence electrons. The Morgan fingerprint density at radius 2 is 2.09 bits per heavy atom. The molecule has 5 nitrogen and oxygen atoms in total. The molecule has 1 aromatic heterocycles. The van der Waals surface area contributed by atoms with E-state index in [0.29, 0.717) is 16.5 Å². The molecule has 1 amide bonds. The third kappa shape index (κ3) is 4.66. The van der Waals surface area contributed by atoms with E-state index in [1.165, 1.54) is 6.20 Å². The zero-order chi connectivity index (χ0) is 16.8. The lowest BCUT2D eigenvalue weighted by atomic mass is 10.2. The molecule has 23 heavy (non-hydrogen) atoms. The van der Waals surface area contributed by atoms with Gasteiger partial charge in [-0.3, -0.25) is 4.79 Å². The average molecular weight is 333 g/mol. The third-order valence-electron chi connectivity index (χ3n) is 3.52. The van der Waals surface area contributed by atoms with E-state index in [2.05, 4.69) is 22.2 Å². The number of amides is 1. The van der Waals surface area contributed by atoms with E-state index in [1.807, 2.05) is 25.1 Å². The molecule has 2 aromatic rings. The molecule has 0 aliphatic carbocycles. The predicted octanol–water partition coefficient (Wildman–Crippen LogP) is 4.05. The van der Waals surface area contributed by atoms with Gasteiger partial charge in [0.25, 0.3) is 5.91 Å². The van der Waals surface area contributed by atoms with Crippen LogP contribution in [0.4, 0.5) is 11.5 Å². The summed E-state index contributed by atoms with van der Waals surface area (Å²) in [6.07, 6.45) is 5.09. The first-order valence-corrected chi connectivity index (χ1v) is 7.99. The zero-order valence-electron chi connectivity index (χ0n) is 13.6. The largest absolute Gasteiger partial charge is 0.340 e. The van der Waals surface area contributed by atoms with Crippen LogP contribution in [0.2, 0.25) is 5.02 Å². The Balaban J connectivity index is 2.05. The minimum absolute atomic E-state index is 0.111. The van der Waals surface area contributed by atoms with Crippen LogP contribution in [0, 0.1) is 6.92 Å². The van der Waals surface area contributed by atoms with E-state index in [1.54, 1.807) is 18.1 Å². The van der Waals surface area contributed by atoms with Gasteiger partial charge in [-0.2, -0.15) is 0 Å². The zero-order valence-corrected chi connectivity index (χ0v) is 14.4. The molecule has 0 unspecified atom stereocenters. The fraction of sp³-hybridized carbons (Fsp3) is 0.353. The summed E-state index contributed by atoms with van der Waals surface area (Å²) in [7, 11) is 1.78. The van der Waals surface area contributed by atoms with Crippen LogP contribution in [-0.4, -0.2) is 34.4 Å². The van der Waals surface area contributed by atoms with Crippen molar-refractivity contribution in [2.45, 2.75) is 26.7 Å². The molecule has 0 aliphatic rings. The Hall–Kier alpha value is -2.14. The van der Waals surface area contributed by atoms with Gasteiger partial charge in [0.1, 0.15) is 11.5 Å². The summed E-state index contributed by atoms with van der Waals surface area (Å²) in [5, 5.41) is 3.86. The number of nitrogens with one attached hydrogen (secondary N) is 1. The van der Waals surface area contributed by atoms with Crippen molar-refractivity contribution >= 4 is 29.0 Å². The standard InChI is InChI=1S/C17H21ClN4O/c1-4-5-8-22(3)17(23)15-10-20-16(11-19-15)21-14-7-6-13(18)9-12(14)2/h6-7,9-11H,4-5,8H2,1-3H3,(H,20,21). The Bertz CT molecular complexity index is 673. The lowest BCUT2D eigenvalue weighted by Gasteiger charge is -2.16. The van der Waals surface area contributed by atoms with Gasteiger partial charge in [-0.15, -0.1) is 0 Å². The van der Waals surface area contributed by atoms with Crippen molar-refractivity contribution in [2.24, 2.45) is 0 Å². The number of hydrogen-bond acceptors (Lipinski definition) is 4. The van der Waals surface area contributed by atoms with Crippen molar-refractivity contribution in [3.8, 4) is 0 Å². The fourth-order valence-corrected chi connectivity index (χ4v) is 2.33. The monoisotopic (exact) mass is 332 g/mol. The highest BCUT2D eigenvalue weighted by Gasteiger charge is 2.13. The SMILES string of the molecule is CCCCN(C)C(=O)c1cnc(Nc2ccc(Cl)cc2C)cn1. The quantitative estimate of drug-likeness (QED) is 0.866. The normalized spacial score (nSPS) is 10.4. The second-order valence-electron chi connectivity index (χ2n) is 5.45. The van der Waals surface area contributed by atoms with E-state index in [4.69, 9.17) is 11.6 Å². The smallest absolute Gasteiger partial charge is 0.273 e. The van der Waals surface area contributed by atoms with Crippen molar-refractivity contribution in [1.29, 1.82) is 0 Å². The number of anilines is 2. The number of carbonyl (C=O) groups excluding carboxylic acids is 1. The van der Waals surface area contributed by atoms with Crippen molar-refractivity contribution in [1.82, 2.24) is 14.9 Å². The molecule has 0 aliphatic heterocycles. The van der Waals surface area contributed by atoms with Crippen molar-refractivity contribution in [3.05, 3.63) is 46.9 Å². The maximum atomic E-state index is 12.2. The molecule has 0 radical (unpaired) electrons. The highest BCUT2D eigenvalue weighted by Crippen LogP contribution is 2.22. The van der Waals surface area contributed by atoms with E-state index >= 15 is 0 Å². The topological polar surface area (TPSA) is 58.1 Å². The van der Waals surface area contributed by atoms with Crippen molar-refractivity contribution in [2.75, 3.05) is 18.9 Å². The number of halogens is 1. The molecule has 0 saturated carbocycles. The first-order valence-electron chi connectivity index (χ1n) is 7.62. The Kier molecular flexibility index (Phi) is 5.93. The van der Waals surface area contributed by atoms with Crippen molar-refractivity contribution < 1.29 is 4.79 Å². The van der Waals surface area contributed by atoms with Crippen LogP contribution in [0.25, 0.3) is 0 Å². The Morgan fingerprint density at radius 1 is 1.30 bits per heavy atom. The molecule has 1 aromatic carbocycles. The Morgan fingerprint density at radius 3 is 2.70 bits per heavy atom. The number of rotatable bonds is 6. The van der Waals surface area contributed by atoms with Gasteiger partial charge < -0.3 is 10.2 Å². The van der Waals surface area contributed by atoms with Crippen molar-refractivity contribution in [3.63, 3.8) is 0 Å². The molecule has 0 bridgehead atoms.